The topological polar surface area (TPSA) is 55.8 Å². The van der Waals surface area contributed by atoms with Gasteiger partial charge in [-0.1, -0.05) is 13.5 Å². The summed E-state index contributed by atoms with van der Waals surface area (Å²) in [7, 11) is 0. The predicted molar refractivity (Wildman–Crippen MR) is 80.9 cm³/mol. The van der Waals surface area contributed by atoms with Crippen molar-refractivity contribution < 1.29 is 19.1 Å². The molecule has 0 aliphatic carbocycles. The van der Waals surface area contributed by atoms with Crippen LogP contribution >= 0.6 is 0 Å². The van der Waals surface area contributed by atoms with Crippen LogP contribution in [0.4, 0.5) is 4.79 Å². The molecule has 0 aromatic rings. The molecule has 5 heteroatoms. The number of ether oxygens (including phenoxy) is 2. The van der Waals surface area contributed by atoms with Crippen LogP contribution in [0.25, 0.3) is 0 Å². The van der Waals surface area contributed by atoms with Crippen LogP contribution in [0.15, 0.2) is 12.2 Å². The maximum atomic E-state index is 11.9. The van der Waals surface area contributed by atoms with Crippen molar-refractivity contribution in [1.82, 2.24) is 4.90 Å². The summed E-state index contributed by atoms with van der Waals surface area (Å²) in [5, 5.41) is 0. The second kappa shape index (κ2) is 7.48. The molecule has 1 aliphatic heterocycles. The molecule has 0 aromatic heterocycles. The molecule has 21 heavy (non-hydrogen) atoms. The third kappa shape index (κ3) is 6.19. The van der Waals surface area contributed by atoms with Crippen molar-refractivity contribution in [2.24, 2.45) is 5.92 Å². The van der Waals surface area contributed by atoms with E-state index in [-0.39, 0.29) is 18.0 Å². The van der Waals surface area contributed by atoms with Crippen LogP contribution in [0.5, 0.6) is 0 Å². The zero-order valence-corrected chi connectivity index (χ0v) is 13.6. The van der Waals surface area contributed by atoms with Crippen LogP contribution in [0.2, 0.25) is 0 Å². The highest BCUT2D eigenvalue weighted by Crippen LogP contribution is 2.21. The normalized spacial score (nSPS) is 16.5. The van der Waals surface area contributed by atoms with Crippen LogP contribution in [0.1, 0.15) is 47.0 Å². The Hall–Kier alpha value is -1.52. The van der Waals surface area contributed by atoms with Gasteiger partial charge in [-0.25, -0.2) is 4.79 Å². The third-order valence-corrected chi connectivity index (χ3v) is 3.40. The smallest absolute Gasteiger partial charge is 0.410 e. The summed E-state index contributed by atoms with van der Waals surface area (Å²) in [6.07, 6.45) is 1.74. The number of amides is 1. The predicted octanol–water partition coefficient (Wildman–Crippen LogP) is 3.14. The number of hydrogen-bond acceptors (Lipinski definition) is 4. The molecule has 1 rings (SSSR count). The Bertz CT molecular complexity index is 390. The van der Waals surface area contributed by atoms with E-state index in [1.165, 1.54) is 0 Å². The second-order valence-electron chi connectivity index (χ2n) is 6.45. The first kappa shape index (κ1) is 17.5. The molecule has 0 bridgehead atoms. The minimum absolute atomic E-state index is 0.131. The molecular weight excluding hydrogens is 270 g/mol. The highest BCUT2D eigenvalue weighted by atomic mass is 16.6. The molecule has 1 aliphatic rings. The fraction of sp³-hybridized carbons (Fsp3) is 0.750. The molecule has 1 heterocycles. The molecular formula is C16H27NO4. The molecule has 0 unspecified atom stereocenters. The van der Waals surface area contributed by atoms with Gasteiger partial charge in [-0.15, -0.1) is 0 Å². The summed E-state index contributed by atoms with van der Waals surface area (Å²) < 4.78 is 10.6. The minimum Gasteiger partial charge on any atom is -0.461 e. The van der Waals surface area contributed by atoms with Gasteiger partial charge in [0.1, 0.15) is 12.2 Å². The molecule has 0 atom stereocenters. The zero-order chi connectivity index (χ0) is 16.0. The average Bonchev–Trinajstić information content (AvgIpc) is 2.42. The summed E-state index contributed by atoms with van der Waals surface area (Å²) in [5.41, 5.74) is 0.419. The Morgan fingerprint density at radius 3 is 2.29 bits per heavy atom. The zero-order valence-electron chi connectivity index (χ0n) is 13.6. The highest BCUT2D eigenvalue weighted by Gasteiger charge is 2.30. The van der Waals surface area contributed by atoms with Crippen molar-refractivity contribution in [2.75, 3.05) is 19.7 Å². The van der Waals surface area contributed by atoms with Crippen molar-refractivity contribution in [1.29, 1.82) is 0 Å². The fourth-order valence-electron chi connectivity index (χ4n) is 2.02. The first-order chi connectivity index (χ1) is 9.73. The number of carbonyl (C=O) groups excluding carboxylic acids is 2. The summed E-state index contributed by atoms with van der Waals surface area (Å²) in [6.45, 7) is 12.7. The Labute approximate surface area is 127 Å². The Balaban J connectivity index is 2.36. The molecule has 120 valence electrons. The van der Waals surface area contributed by atoms with Gasteiger partial charge in [0.2, 0.25) is 0 Å². The van der Waals surface area contributed by atoms with Gasteiger partial charge in [-0.3, -0.25) is 4.79 Å². The van der Waals surface area contributed by atoms with Crippen LogP contribution in [0, 0.1) is 5.92 Å². The lowest BCUT2D eigenvalue weighted by atomic mass is 9.97. The molecule has 0 saturated carbocycles. The molecule has 1 saturated heterocycles. The van der Waals surface area contributed by atoms with E-state index in [4.69, 9.17) is 9.47 Å². The number of piperidine rings is 1. The van der Waals surface area contributed by atoms with Gasteiger partial charge in [0, 0.05) is 13.1 Å². The number of likely N-dealkylation sites (tertiary alicyclic amines) is 1. The first-order valence-corrected chi connectivity index (χ1v) is 7.54. The van der Waals surface area contributed by atoms with Crippen LogP contribution in [-0.2, 0) is 14.3 Å². The molecule has 0 N–H and O–H groups in total. The molecule has 0 spiro atoms. The van der Waals surface area contributed by atoms with Gasteiger partial charge in [-0.2, -0.15) is 0 Å². The van der Waals surface area contributed by atoms with Crippen molar-refractivity contribution in [3.8, 4) is 0 Å². The molecule has 0 aromatic carbocycles. The standard InChI is InChI=1S/C16H27NO4/c1-6-12(2)11-20-14(18)13-7-9-17(10-8-13)15(19)21-16(3,4)5/h13H,2,6-11H2,1,3-5H3. The lowest BCUT2D eigenvalue weighted by molar-refractivity contribution is -0.149. The van der Waals surface area contributed by atoms with E-state index < -0.39 is 5.60 Å². The fourth-order valence-corrected chi connectivity index (χ4v) is 2.02. The molecule has 1 fully saturated rings. The van der Waals surface area contributed by atoms with Gasteiger partial charge < -0.3 is 14.4 Å². The number of hydrogen-bond donors (Lipinski definition) is 0. The second-order valence-corrected chi connectivity index (χ2v) is 6.45. The van der Waals surface area contributed by atoms with E-state index in [2.05, 4.69) is 6.58 Å². The van der Waals surface area contributed by atoms with Gasteiger partial charge in [0.15, 0.2) is 0 Å². The summed E-state index contributed by atoms with van der Waals surface area (Å²) in [4.78, 5) is 25.5. The van der Waals surface area contributed by atoms with E-state index in [9.17, 15) is 9.59 Å². The monoisotopic (exact) mass is 297 g/mol. The Morgan fingerprint density at radius 1 is 1.24 bits per heavy atom. The third-order valence-electron chi connectivity index (χ3n) is 3.40. The lowest BCUT2D eigenvalue weighted by Gasteiger charge is -2.32. The highest BCUT2D eigenvalue weighted by molar-refractivity contribution is 5.73. The van der Waals surface area contributed by atoms with Gasteiger partial charge in [-0.05, 0) is 45.6 Å². The first-order valence-electron chi connectivity index (χ1n) is 7.54. The summed E-state index contributed by atoms with van der Waals surface area (Å²) in [6, 6.07) is 0. The number of esters is 1. The van der Waals surface area contributed by atoms with Crippen molar-refractivity contribution >= 4 is 12.1 Å². The number of nitrogens with zero attached hydrogens (tertiary/aromatic N) is 1. The number of carbonyl (C=O) groups is 2. The van der Waals surface area contributed by atoms with Crippen LogP contribution in [-0.4, -0.2) is 42.3 Å². The van der Waals surface area contributed by atoms with Crippen molar-refractivity contribution in [2.45, 2.75) is 52.6 Å². The van der Waals surface area contributed by atoms with Gasteiger partial charge in [0.05, 0.1) is 5.92 Å². The molecule has 1 amide bonds. The number of rotatable bonds is 4. The van der Waals surface area contributed by atoms with Gasteiger partial charge >= 0.3 is 12.1 Å². The quantitative estimate of drug-likeness (QED) is 0.591. The van der Waals surface area contributed by atoms with E-state index >= 15 is 0 Å². The summed E-state index contributed by atoms with van der Waals surface area (Å²) >= 11 is 0. The molecule has 5 nitrogen and oxygen atoms in total. The average molecular weight is 297 g/mol. The van der Waals surface area contributed by atoms with Gasteiger partial charge in [0.25, 0.3) is 0 Å². The maximum Gasteiger partial charge on any atom is 0.410 e. The Morgan fingerprint density at radius 2 is 1.81 bits per heavy atom. The van der Waals surface area contributed by atoms with Crippen molar-refractivity contribution in [3.05, 3.63) is 12.2 Å². The minimum atomic E-state index is -0.493. The maximum absolute atomic E-state index is 11.9. The SMILES string of the molecule is C=C(CC)COC(=O)C1CCN(C(=O)OC(C)(C)C)CC1. The van der Waals surface area contributed by atoms with E-state index in [0.717, 1.165) is 12.0 Å². The van der Waals surface area contributed by atoms with Crippen LogP contribution < -0.4 is 0 Å². The molecule has 0 radical (unpaired) electrons. The van der Waals surface area contributed by atoms with Crippen molar-refractivity contribution in [3.63, 3.8) is 0 Å². The van der Waals surface area contributed by atoms with E-state index in [1.807, 2.05) is 27.7 Å². The van der Waals surface area contributed by atoms with E-state index in [0.29, 0.717) is 32.5 Å². The van der Waals surface area contributed by atoms with E-state index in [1.54, 1.807) is 4.90 Å². The largest absolute Gasteiger partial charge is 0.461 e. The lowest BCUT2D eigenvalue weighted by Crippen LogP contribution is -2.43. The summed E-state index contributed by atoms with van der Waals surface area (Å²) in [5.74, 6) is -0.318. The van der Waals surface area contributed by atoms with Crippen LogP contribution in [0.3, 0.4) is 0 Å². The Kier molecular flexibility index (Phi) is 6.24.